The summed E-state index contributed by atoms with van der Waals surface area (Å²) in [7, 11) is 0. The summed E-state index contributed by atoms with van der Waals surface area (Å²) in [6, 6.07) is -0.0384. The topological polar surface area (TPSA) is 69.9 Å². The van der Waals surface area contributed by atoms with E-state index in [4.69, 9.17) is 10.2 Å². The minimum Gasteiger partial charge on any atom is -0.444 e. The summed E-state index contributed by atoms with van der Waals surface area (Å²) in [5, 5.41) is 0. The van der Waals surface area contributed by atoms with Gasteiger partial charge < -0.3 is 14.7 Å². The number of aromatic nitrogens is 3. The molecular formula is C10H14N4O. The van der Waals surface area contributed by atoms with E-state index in [1.165, 1.54) is 0 Å². The standard InChI is InChI=1S/C10H14N4O/c1-7-3-13-10(15-7)5-14-6-12-4-9(14)8(2)11/h3-4,6,8H,5,11H2,1-2H3. The highest BCUT2D eigenvalue weighted by atomic mass is 16.4. The van der Waals surface area contributed by atoms with E-state index >= 15 is 0 Å². The van der Waals surface area contributed by atoms with Crippen LogP contribution in [0.25, 0.3) is 0 Å². The molecule has 1 atom stereocenters. The lowest BCUT2D eigenvalue weighted by molar-refractivity contribution is 0.452. The number of imidazole rings is 1. The summed E-state index contributed by atoms with van der Waals surface area (Å²) in [5.41, 5.74) is 6.78. The molecule has 0 saturated carbocycles. The van der Waals surface area contributed by atoms with Crippen molar-refractivity contribution in [2.75, 3.05) is 0 Å². The van der Waals surface area contributed by atoms with Crippen molar-refractivity contribution in [3.63, 3.8) is 0 Å². The van der Waals surface area contributed by atoms with Crippen LogP contribution in [0.4, 0.5) is 0 Å². The van der Waals surface area contributed by atoms with Gasteiger partial charge in [0, 0.05) is 12.2 Å². The van der Waals surface area contributed by atoms with Crippen LogP contribution in [0.3, 0.4) is 0 Å². The average molecular weight is 206 g/mol. The molecule has 5 nitrogen and oxygen atoms in total. The zero-order chi connectivity index (χ0) is 10.8. The molecule has 2 N–H and O–H groups in total. The second-order valence-corrected chi connectivity index (χ2v) is 3.60. The summed E-state index contributed by atoms with van der Waals surface area (Å²) in [4.78, 5) is 8.19. The lowest BCUT2D eigenvalue weighted by Crippen LogP contribution is -2.12. The Morgan fingerprint density at radius 3 is 2.93 bits per heavy atom. The summed E-state index contributed by atoms with van der Waals surface area (Å²) >= 11 is 0. The van der Waals surface area contributed by atoms with Crippen molar-refractivity contribution in [2.24, 2.45) is 5.73 Å². The number of hydrogen-bond acceptors (Lipinski definition) is 4. The number of oxazole rings is 1. The molecule has 2 aromatic rings. The fourth-order valence-electron chi connectivity index (χ4n) is 1.46. The highest BCUT2D eigenvalue weighted by Crippen LogP contribution is 2.11. The quantitative estimate of drug-likeness (QED) is 0.820. The van der Waals surface area contributed by atoms with Gasteiger partial charge in [0.2, 0.25) is 5.89 Å². The number of nitrogens with two attached hydrogens (primary N) is 1. The molecule has 0 amide bonds. The first-order chi connectivity index (χ1) is 7.16. The fourth-order valence-corrected chi connectivity index (χ4v) is 1.46. The molecule has 15 heavy (non-hydrogen) atoms. The summed E-state index contributed by atoms with van der Waals surface area (Å²) in [6.07, 6.45) is 5.20. The van der Waals surface area contributed by atoms with Gasteiger partial charge in [-0.2, -0.15) is 0 Å². The van der Waals surface area contributed by atoms with Gasteiger partial charge in [-0.1, -0.05) is 0 Å². The molecule has 0 aliphatic carbocycles. The van der Waals surface area contributed by atoms with Crippen molar-refractivity contribution in [1.82, 2.24) is 14.5 Å². The molecule has 0 aromatic carbocycles. The lowest BCUT2D eigenvalue weighted by Gasteiger charge is -2.08. The third kappa shape index (κ3) is 2.07. The van der Waals surface area contributed by atoms with Crippen LogP contribution >= 0.6 is 0 Å². The Balaban J connectivity index is 2.20. The zero-order valence-corrected chi connectivity index (χ0v) is 8.84. The maximum atomic E-state index is 5.81. The van der Waals surface area contributed by atoms with E-state index in [1.54, 1.807) is 18.7 Å². The summed E-state index contributed by atoms with van der Waals surface area (Å²) < 4.78 is 7.33. The molecule has 0 fully saturated rings. The number of aryl methyl sites for hydroxylation is 1. The first-order valence-corrected chi connectivity index (χ1v) is 4.83. The Morgan fingerprint density at radius 1 is 1.53 bits per heavy atom. The molecule has 2 heterocycles. The van der Waals surface area contributed by atoms with Crippen LogP contribution in [-0.4, -0.2) is 14.5 Å². The molecule has 0 radical (unpaired) electrons. The second kappa shape index (κ2) is 3.86. The predicted octanol–water partition coefficient (Wildman–Crippen LogP) is 1.25. The smallest absolute Gasteiger partial charge is 0.214 e. The summed E-state index contributed by atoms with van der Waals surface area (Å²) in [5.74, 6) is 1.49. The minimum absolute atomic E-state index is 0.0384. The first-order valence-electron chi connectivity index (χ1n) is 4.83. The van der Waals surface area contributed by atoms with Crippen LogP contribution in [-0.2, 0) is 6.54 Å². The molecule has 0 spiro atoms. The molecule has 5 heteroatoms. The Hall–Kier alpha value is -1.62. The second-order valence-electron chi connectivity index (χ2n) is 3.60. The van der Waals surface area contributed by atoms with Crippen molar-refractivity contribution in [1.29, 1.82) is 0 Å². The van der Waals surface area contributed by atoms with E-state index in [0.717, 1.165) is 11.5 Å². The van der Waals surface area contributed by atoms with Crippen LogP contribution in [0.15, 0.2) is 23.1 Å². The van der Waals surface area contributed by atoms with Gasteiger partial charge in [-0.3, -0.25) is 0 Å². The van der Waals surface area contributed by atoms with Gasteiger partial charge in [0.15, 0.2) is 0 Å². The van der Waals surface area contributed by atoms with E-state index in [2.05, 4.69) is 9.97 Å². The summed E-state index contributed by atoms with van der Waals surface area (Å²) in [6.45, 7) is 4.37. The van der Waals surface area contributed by atoms with E-state index in [9.17, 15) is 0 Å². The third-order valence-corrected chi connectivity index (χ3v) is 2.19. The third-order valence-electron chi connectivity index (χ3n) is 2.19. The van der Waals surface area contributed by atoms with Crippen LogP contribution in [0.2, 0.25) is 0 Å². The predicted molar refractivity (Wildman–Crippen MR) is 55.2 cm³/mol. The Kier molecular flexibility index (Phi) is 2.55. The maximum absolute atomic E-state index is 5.81. The zero-order valence-electron chi connectivity index (χ0n) is 8.84. The van der Waals surface area contributed by atoms with Gasteiger partial charge in [-0.25, -0.2) is 9.97 Å². The largest absolute Gasteiger partial charge is 0.444 e. The molecule has 80 valence electrons. The van der Waals surface area contributed by atoms with Crippen LogP contribution in [0.5, 0.6) is 0 Å². The first kappa shape index (κ1) is 9.92. The monoisotopic (exact) mass is 206 g/mol. The molecule has 0 aliphatic rings. The Morgan fingerprint density at radius 2 is 2.33 bits per heavy atom. The molecule has 0 bridgehead atoms. The van der Waals surface area contributed by atoms with Gasteiger partial charge in [-0.15, -0.1) is 0 Å². The van der Waals surface area contributed by atoms with Gasteiger partial charge in [0.05, 0.1) is 18.2 Å². The lowest BCUT2D eigenvalue weighted by atomic mass is 10.3. The molecule has 2 rings (SSSR count). The molecule has 1 unspecified atom stereocenters. The van der Waals surface area contributed by atoms with Crippen molar-refractivity contribution >= 4 is 0 Å². The Bertz CT molecular complexity index is 444. The van der Waals surface area contributed by atoms with Crippen molar-refractivity contribution in [2.45, 2.75) is 26.4 Å². The van der Waals surface area contributed by atoms with Gasteiger partial charge >= 0.3 is 0 Å². The van der Waals surface area contributed by atoms with Gasteiger partial charge in [0.25, 0.3) is 0 Å². The van der Waals surface area contributed by atoms with E-state index in [-0.39, 0.29) is 6.04 Å². The molecule has 2 aromatic heterocycles. The molecule has 0 aliphatic heterocycles. The van der Waals surface area contributed by atoms with Crippen LogP contribution < -0.4 is 5.73 Å². The van der Waals surface area contributed by atoms with E-state index in [1.807, 2.05) is 18.4 Å². The van der Waals surface area contributed by atoms with E-state index in [0.29, 0.717) is 12.4 Å². The number of hydrogen-bond donors (Lipinski definition) is 1. The average Bonchev–Trinajstić information content (AvgIpc) is 2.75. The van der Waals surface area contributed by atoms with Gasteiger partial charge in [-0.05, 0) is 13.8 Å². The van der Waals surface area contributed by atoms with E-state index < -0.39 is 0 Å². The fraction of sp³-hybridized carbons (Fsp3) is 0.400. The maximum Gasteiger partial charge on any atom is 0.214 e. The Labute approximate surface area is 87.9 Å². The number of nitrogens with zero attached hydrogens (tertiary/aromatic N) is 3. The van der Waals surface area contributed by atoms with Gasteiger partial charge in [0.1, 0.15) is 12.3 Å². The number of rotatable bonds is 3. The van der Waals surface area contributed by atoms with Crippen molar-refractivity contribution in [3.8, 4) is 0 Å². The van der Waals surface area contributed by atoms with Crippen molar-refractivity contribution in [3.05, 3.63) is 36.1 Å². The van der Waals surface area contributed by atoms with Crippen LogP contribution in [0, 0.1) is 6.92 Å². The molecule has 0 saturated heterocycles. The molecular weight excluding hydrogens is 192 g/mol. The minimum atomic E-state index is -0.0384. The van der Waals surface area contributed by atoms with Crippen LogP contribution in [0.1, 0.15) is 30.3 Å². The highest BCUT2D eigenvalue weighted by Gasteiger charge is 2.09. The SMILES string of the molecule is Cc1cnc(Cn2cncc2C(C)N)o1. The highest BCUT2D eigenvalue weighted by molar-refractivity contribution is 5.05. The van der Waals surface area contributed by atoms with Crippen molar-refractivity contribution < 1.29 is 4.42 Å². The normalized spacial score (nSPS) is 13.0.